The molecule has 1 aliphatic heterocycles. The molecule has 1 saturated heterocycles. The van der Waals surface area contributed by atoms with Crippen LogP contribution in [-0.2, 0) is 11.8 Å². The zero-order chi connectivity index (χ0) is 15.7. The Balaban J connectivity index is 1.84. The number of nitrogens with zero attached hydrogens (tertiary/aromatic N) is 4. The third-order valence-corrected chi connectivity index (χ3v) is 4.47. The second-order valence-corrected chi connectivity index (χ2v) is 5.91. The maximum absolute atomic E-state index is 12.1. The third kappa shape index (κ3) is 2.64. The molecule has 1 unspecified atom stereocenters. The minimum absolute atomic E-state index is 0.0596. The maximum atomic E-state index is 12.1. The minimum Gasteiger partial charge on any atom is -0.336 e. The number of aryl methyl sites for hydroxylation is 1. The first-order valence-corrected chi connectivity index (χ1v) is 7.55. The van der Waals surface area contributed by atoms with Gasteiger partial charge in [0, 0.05) is 56.8 Å². The van der Waals surface area contributed by atoms with Gasteiger partial charge in [-0.3, -0.25) is 9.89 Å². The van der Waals surface area contributed by atoms with E-state index in [4.69, 9.17) is 0 Å². The van der Waals surface area contributed by atoms with Gasteiger partial charge in [0.15, 0.2) is 0 Å². The van der Waals surface area contributed by atoms with Crippen molar-refractivity contribution >= 4 is 5.91 Å². The number of H-pyrrole nitrogens is 1. The summed E-state index contributed by atoms with van der Waals surface area (Å²) in [6.45, 7) is 2.11. The first kappa shape index (κ1) is 14.8. The number of amides is 1. The highest BCUT2D eigenvalue weighted by molar-refractivity contribution is 5.77. The van der Waals surface area contributed by atoms with Crippen molar-refractivity contribution in [2.24, 2.45) is 7.05 Å². The summed E-state index contributed by atoms with van der Waals surface area (Å²) in [5, 5.41) is 10.5. The molecule has 1 fully saturated rings. The van der Waals surface area contributed by atoms with Gasteiger partial charge in [0.05, 0.1) is 6.20 Å². The predicted molar refractivity (Wildman–Crippen MR) is 81.9 cm³/mol. The number of aromatic nitrogens is 4. The fraction of sp³-hybridized carbons (Fsp3) is 0.533. The van der Waals surface area contributed by atoms with Crippen LogP contribution in [0.1, 0.15) is 43.2 Å². The van der Waals surface area contributed by atoms with E-state index in [-0.39, 0.29) is 24.0 Å². The molecule has 3 heterocycles. The maximum Gasteiger partial charge on any atom is 0.223 e. The molecular weight excluding hydrogens is 280 g/mol. The molecule has 0 radical (unpaired) electrons. The van der Waals surface area contributed by atoms with Crippen molar-refractivity contribution in [1.29, 1.82) is 0 Å². The molecule has 7 heteroatoms. The van der Waals surface area contributed by atoms with Crippen molar-refractivity contribution < 1.29 is 4.79 Å². The van der Waals surface area contributed by atoms with Gasteiger partial charge in [-0.1, -0.05) is 0 Å². The van der Waals surface area contributed by atoms with Gasteiger partial charge < -0.3 is 14.8 Å². The van der Waals surface area contributed by atoms with Gasteiger partial charge in [-0.25, -0.2) is 4.98 Å². The molecule has 0 saturated carbocycles. The van der Waals surface area contributed by atoms with Crippen LogP contribution in [0.2, 0.25) is 0 Å². The Bertz CT molecular complexity index is 634. The Kier molecular flexibility index (Phi) is 3.98. The molecular formula is C15H22N6O. The number of likely N-dealkylation sites (tertiary alicyclic amines) is 1. The summed E-state index contributed by atoms with van der Waals surface area (Å²) in [7, 11) is 3.82. The average Bonchev–Trinajstić information content (AvgIpc) is 3.15. The van der Waals surface area contributed by atoms with Crippen LogP contribution in [0.25, 0.3) is 0 Å². The molecule has 3 atom stereocenters. The van der Waals surface area contributed by atoms with Gasteiger partial charge in [0.2, 0.25) is 5.91 Å². The monoisotopic (exact) mass is 302 g/mol. The summed E-state index contributed by atoms with van der Waals surface area (Å²) < 4.78 is 1.98. The van der Waals surface area contributed by atoms with Crippen LogP contribution in [0.15, 0.2) is 24.8 Å². The lowest BCUT2D eigenvalue weighted by Gasteiger charge is -2.40. The Morgan fingerprint density at radius 2 is 2.27 bits per heavy atom. The third-order valence-electron chi connectivity index (χ3n) is 4.47. The molecule has 0 aromatic carbocycles. The van der Waals surface area contributed by atoms with Gasteiger partial charge in [-0.05, 0) is 13.3 Å². The van der Waals surface area contributed by atoms with E-state index in [0.717, 1.165) is 17.8 Å². The van der Waals surface area contributed by atoms with Crippen LogP contribution >= 0.6 is 0 Å². The highest BCUT2D eigenvalue weighted by Crippen LogP contribution is 2.31. The number of hydrogen-bond donors (Lipinski definition) is 2. The zero-order valence-corrected chi connectivity index (χ0v) is 13.2. The molecule has 2 aromatic rings. The van der Waals surface area contributed by atoms with Crippen LogP contribution < -0.4 is 5.32 Å². The zero-order valence-electron chi connectivity index (χ0n) is 13.2. The molecule has 7 nitrogen and oxygen atoms in total. The molecule has 118 valence electrons. The minimum atomic E-state index is -0.0596. The smallest absolute Gasteiger partial charge is 0.223 e. The molecule has 2 aromatic heterocycles. The van der Waals surface area contributed by atoms with E-state index in [1.54, 1.807) is 6.20 Å². The van der Waals surface area contributed by atoms with E-state index in [1.807, 2.05) is 42.2 Å². The van der Waals surface area contributed by atoms with E-state index < -0.39 is 0 Å². The number of nitrogens with one attached hydrogen (secondary N) is 2. The van der Waals surface area contributed by atoms with Gasteiger partial charge >= 0.3 is 0 Å². The average molecular weight is 302 g/mol. The van der Waals surface area contributed by atoms with Crippen LogP contribution in [0, 0.1) is 0 Å². The first-order chi connectivity index (χ1) is 10.6. The summed E-state index contributed by atoms with van der Waals surface area (Å²) in [6.07, 6.45) is 8.78. The second kappa shape index (κ2) is 5.92. The number of carbonyl (C=O) groups is 1. The number of imidazole rings is 1. The lowest BCUT2D eigenvalue weighted by atomic mass is 9.94. The number of likely N-dealkylation sites (N-methyl/N-ethyl adjacent to an activating group) is 1. The van der Waals surface area contributed by atoms with Crippen LogP contribution in [0.4, 0.5) is 0 Å². The van der Waals surface area contributed by atoms with Gasteiger partial charge in [0.25, 0.3) is 0 Å². The summed E-state index contributed by atoms with van der Waals surface area (Å²) >= 11 is 0. The van der Waals surface area contributed by atoms with Crippen molar-refractivity contribution in [1.82, 2.24) is 30.0 Å². The molecule has 1 amide bonds. The van der Waals surface area contributed by atoms with E-state index in [9.17, 15) is 4.79 Å². The summed E-state index contributed by atoms with van der Waals surface area (Å²) in [5.74, 6) is 1.08. The number of aromatic amines is 1. The van der Waals surface area contributed by atoms with E-state index >= 15 is 0 Å². The molecule has 0 bridgehead atoms. The molecule has 1 aliphatic rings. The van der Waals surface area contributed by atoms with Crippen LogP contribution in [0.5, 0.6) is 0 Å². The van der Waals surface area contributed by atoms with E-state index in [0.29, 0.717) is 6.42 Å². The SMILES string of the molecule is CC(N[C@@H]1CCC(=O)N(C)[C@H]1c1nccn1C)c1cn[nH]c1. The number of rotatable bonds is 4. The molecule has 22 heavy (non-hydrogen) atoms. The van der Waals surface area contributed by atoms with Crippen molar-refractivity contribution in [2.75, 3.05) is 7.05 Å². The molecule has 0 aliphatic carbocycles. The van der Waals surface area contributed by atoms with Crippen LogP contribution in [0.3, 0.4) is 0 Å². The van der Waals surface area contributed by atoms with Crippen molar-refractivity contribution in [3.05, 3.63) is 36.2 Å². The topological polar surface area (TPSA) is 78.8 Å². The summed E-state index contributed by atoms with van der Waals surface area (Å²) in [6, 6.07) is 0.262. The van der Waals surface area contributed by atoms with Gasteiger partial charge in [-0.2, -0.15) is 5.10 Å². The Morgan fingerprint density at radius 3 is 2.91 bits per heavy atom. The van der Waals surface area contributed by atoms with Crippen molar-refractivity contribution in [2.45, 2.75) is 37.9 Å². The van der Waals surface area contributed by atoms with Crippen molar-refractivity contribution in [3.63, 3.8) is 0 Å². The fourth-order valence-electron chi connectivity index (χ4n) is 3.14. The number of hydrogen-bond acceptors (Lipinski definition) is 4. The highest BCUT2D eigenvalue weighted by atomic mass is 16.2. The summed E-state index contributed by atoms with van der Waals surface area (Å²) in [4.78, 5) is 18.4. The summed E-state index contributed by atoms with van der Waals surface area (Å²) in [5.41, 5.74) is 1.11. The first-order valence-electron chi connectivity index (χ1n) is 7.55. The number of piperidine rings is 1. The van der Waals surface area contributed by atoms with Gasteiger partial charge in [-0.15, -0.1) is 0 Å². The Labute approximate surface area is 129 Å². The highest BCUT2D eigenvalue weighted by Gasteiger charge is 2.37. The predicted octanol–water partition coefficient (Wildman–Crippen LogP) is 1.16. The lowest BCUT2D eigenvalue weighted by Crippen LogP contribution is -2.50. The second-order valence-electron chi connectivity index (χ2n) is 5.91. The van der Waals surface area contributed by atoms with Gasteiger partial charge in [0.1, 0.15) is 11.9 Å². The standard InChI is InChI=1S/C15H22N6O/c1-10(11-8-17-18-9-11)19-12-4-5-13(22)21(3)14(12)15-16-6-7-20(15)2/h6-10,12,14,19H,4-5H2,1-3H3,(H,17,18)/t10?,12-,14-/m1/s1. The van der Waals surface area contributed by atoms with E-state index in [1.165, 1.54) is 0 Å². The lowest BCUT2D eigenvalue weighted by molar-refractivity contribution is -0.136. The quantitative estimate of drug-likeness (QED) is 0.888. The molecule has 0 spiro atoms. The van der Waals surface area contributed by atoms with Crippen molar-refractivity contribution in [3.8, 4) is 0 Å². The normalized spacial score (nSPS) is 23.8. The van der Waals surface area contributed by atoms with Crippen LogP contribution in [-0.4, -0.2) is 43.6 Å². The van der Waals surface area contributed by atoms with E-state index in [2.05, 4.69) is 27.4 Å². The molecule has 2 N–H and O–H groups in total. The Morgan fingerprint density at radius 1 is 1.45 bits per heavy atom. The number of carbonyl (C=O) groups excluding carboxylic acids is 1. The largest absolute Gasteiger partial charge is 0.336 e. The fourth-order valence-corrected chi connectivity index (χ4v) is 3.14. The molecule has 3 rings (SSSR count). The Hall–Kier alpha value is -2.15.